The lowest BCUT2D eigenvalue weighted by atomic mass is 9.91. The summed E-state index contributed by atoms with van der Waals surface area (Å²) in [4.78, 5) is 14.8. The Morgan fingerprint density at radius 2 is 2.06 bits per heavy atom. The number of hydrogen-bond acceptors (Lipinski definition) is 2. The second-order valence-electron chi connectivity index (χ2n) is 5.81. The Labute approximate surface area is 105 Å². The van der Waals surface area contributed by atoms with Gasteiger partial charge in [0, 0.05) is 24.0 Å². The molecule has 0 bridgehead atoms. The number of nitrogens with zero attached hydrogens (tertiary/aromatic N) is 1. The highest BCUT2D eigenvalue weighted by atomic mass is 16.2. The maximum absolute atomic E-state index is 12.6. The van der Waals surface area contributed by atoms with Crippen molar-refractivity contribution in [2.75, 3.05) is 6.54 Å². The molecule has 3 heteroatoms. The number of piperidine rings is 1. The predicted molar refractivity (Wildman–Crippen MR) is 69.8 cm³/mol. The van der Waals surface area contributed by atoms with Crippen molar-refractivity contribution in [1.82, 2.24) is 10.2 Å². The van der Waals surface area contributed by atoms with E-state index in [-0.39, 0.29) is 5.92 Å². The van der Waals surface area contributed by atoms with Crippen LogP contribution in [0.5, 0.6) is 0 Å². The first-order chi connectivity index (χ1) is 8.13. The Hall–Kier alpha value is -0.570. The molecule has 1 amide bonds. The van der Waals surface area contributed by atoms with Gasteiger partial charge in [-0.3, -0.25) is 4.79 Å². The molecule has 0 aromatic rings. The molecule has 2 aliphatic heterocycles. The normalized spacial score (nSPS) is 38.4. The molecule has 98 valence electrons. The van der Waals surface area contributed by atoms with Crippen molar-refractivity contribution >= 4 is 5.91 Å². The van der Waals surface area contributed by atoms with Gasteiger partial charge in [0.25, 0.3) is 0 Å². The number of rotatable bonds is 2. The number of nitrogens with one attached hydrogen (secondary N) is 1. The standard InChI is InChI=1S/C14H26N2O/c1-4-13-6-5-11(3)16(13)14(17)12-7-8-15-10(2)9-12/h10-13,15H,4-9H2,1-3H3/t10-,11?,12-,13?/m0/s1. The summed E-state index contributed by atoms with van der Waals surface area (Å²) in [5.41, 5.74) is 0. The molecule has 0 aromatic carbocycles. The van der Waals surface area contributed by atoms with E-state index in [1.54, 1.807) is 0 Å². The summed E-state index contributed by atoms with van der Waals surface area (Å²) in [5, 5.41) is 3.42. The summed E-state index contributed by atoms with van der Waals surface area (Å²) < 4.78 is 0. The van der Waals surface area contributed by atoms with Crippen LogP contribution in [-0.4, -0.2) is 35.5 Å². The number of hydrogen-bond donors (Lipinski definition) is 1. The zero-order valence-electron chi connectivity index (χ0n) is 11.4. The van der Waals surface area contributed by atoms with Crippen LogP contribution in [0.25, 0.3) is 0 Å². The average Bonchev–Trinajstić information content (AvgIpc) is 2.69. The zero-order valence-corrected chi connectivity index (χ0v) is 11.4. The van der Waals surface area contributed by atoms with Crippen molar-refractivity contribution in [3.05, 3.63) is 0 Å². The van der Waals surface area contributed by atoms with Gasteiger partial charge in [0.15, 0.2) is 0 Å². The van der Waals surface area contributed by atoms with E-state index in [4.69, 9.17) is 0 Å². The molecule has 17 heavy (non-hydrogen) atoms. The molecule has 2 aliphatic rings. The first kappa shape index (κ1) is 12.9. The molecule has 2 rings (SSSR count). The number of carbonyl (C=O) groups is 1. The van der Waals surface area contributed by atoms with E-state index in [1.165, 1.54) is 12.8 Å². The highest BCUT2D eigenvalue weighted by molar-refractivity contribution is 5.80. The van der Waals surface area contributed by atoms with E-state index >= 15 is 0 Å². The average molecular weight is 238 g/mol. The van der Waals surface area contributed by atoms with Gasteiger partial charge >= 0.3 is 0 Å². The number of likely N-dealkylation sites (tertiary alicyclic amines) is 1. The summed E-state index contributed by atoms with van der Waals surface area (Å²) in [6.45, 7) is 7.59. The first-order valence-corrected chi connectivity index (χ1v) is 7.19. The minimum Gasteiger partial charge on any atom is -0.337 e. The van der Waals surface area contributed by atoms with Crippen LogP contribution in [0.15, 0.2) is 0 Å². The lowest BCUT2D eigenvalue weighted by Gasteiger charge is -2.35. The fourth-order valence-corrected chi connectivity index (χ4v) is 3.44. The summed E-state index contributed by atoms with van der Waals surface area (Å²) in [6.07, 6.45) is 5.52. The Balaban J connectivity index is 2.02. The van der Waals surface area contributed by atoms with Crippen LogP contribution in [0.3, 0.4) is 0 Å². The fraction of sp³-hybridized carbons (Fsp3) is 0.929. The van der Waals surface area contributed by atoms with Crippen LogP contribution in [0, 0.1) is 5.92 Å². The molecule has 1 N–H and O–H groups in total. The number of amides is 1. The molecule has 4 atom stereocenters. The van der Waals surface area contributed by atoms with Crippen molar-refractivity contribution in [3.63, 3.8) is 0 Å². The second-order valence-corrected chi connectivity index (χ2v) is 5.81. The third-order valence-corrected chi connectivity index (χ3v) is 4.48. The van der Waals surface area contributed by atoms with Crippen molar-refractivity contribution in [2.24, 2.45) is 5.92 Å². The zero-order chi connectivity index (χ0) is 12.4. The lowest BCUT2D eigenvalue weighted by molar-refractivity contribution is -0.139. The third-order valence-electron chi connectivity index (χ3n) is 4.48. The summed E-state index contributed by atoms with van der Waals surface area (Å²) in [5.74, 6) is 0.691. The lowest BCUT2D eigenvalue weighted by Crippen LogP contribution is -2.47. The SMILES string of the molecule is CCC1CCC(C)N1C(=O)[C@H]1CCN[C@@H](C)C1. The minimum atomic E-state index is 0.265. The molecule has 2 heterocycles. The Morgan fingerprint density at radius 3 is 2.71 bits per heavy atom. The van der Waals surface area contributed by atoms with Crippen molar-refractivity contribution in [3.8, 4) is 0 Å². The van der Waals surface area contributed by atoms with E-state index in [2.05, 4.69) is 31.0 Å². The van der Waals surface area contributed by atoms with Crippen LogP contribution in [0.2, 0.25) is 0 Å². The first-order valence-electron chi connectivity index (χ1n) is 7.19. The smallest absolute Gasteiger partial charge is 0.226 e. The second kappa shape index (κ2) is 5.38. The van der Waals surface area contributed by atoms with Crippen LogP contribution in [0.4, 0.5) is 0 Å². The molecular weight excluding hydrogens is 212 g/mol. The van der Waals surface area contributed by atoms with E-state index in [0.717, 1.165) is 25.8 Å². The topological polar surface area (TPSA) is 32.3 Å². The highest BCUT2D eigenvalue weighted by Gasteiger charge is 2.37. The predicted octanol–water partition coefficient (Wildman–Crippen LogP) is 2.16. The minimum absolute atomic E-state index is 0.265. The Kier molecular flexibility index (Phi) is 4.08. The van der Waals surface area contributed by atoms with Crippen LogP contribution >= 0.6 is 0 Å². The molecule has 2 fully saturated rings. The Morgan fingerprint density at radius 1 is 1.29 bits per heavy atom. The Bertz CT molecular complexity index is 279. The molecule has 2 saturated heterocycles. The van der Waals surface area contributed by atoms with Gasteiger partial charge in [0.2, 0.25) is 5.91 Å². The quantitative estimate of drug-likeness (QED) is 0.799. The summed E-state index contributed by atoms with van der Waals surface area (Å²) >= 11 is 0. The van der Waals surface area contributed by atoms with Gasteiger partial charge in [0.1, 0.15) is 0 Å². The van der Waals surface area contributed by atoms with Crippen molar-refractivity contribution in [2.45, 2.75) is 71.0 Å². The fourth-order valence-electron chi connectivity index (χ4n) is 3.44. The van der Waals surface area contributed by atoms with Crippen LogP contribution in [0.1, 0.15) is 52.9 Å². The van der Waals surface area contributed by atoms with Crippen LogP contribution < -0.4 is 5.32 Å². The monoisotopic (exact) mass is 238 g/mol. The van der Waals surface area contributed by atoms with Crippen molar-refractivity contribution in [1.29, 1.82) is 0 Å². The van der Waals surface area contributed by atoms with E-state index in [9.17, 15) is 4.79 Å². The van der Waals surface area contributed by atoms with Crippen molar-refractivity contribution < 1.29 is 4.79 Å². The van der Waals surface area contributed by atoms with E-state index < -0.39 is 0 Å². The third kappa shape index (κ3) is 2.65. The molecule has 0 saturated carbocycles. The maximum atomic E-state index is 12.6. The van der Waals surface area contributed by atoms with Crippen LogP contribution in [-0.2, 0) is 4.79 Å². The van der Waals surface area contributed by atoms with Gasteiger partial charge < -0.3 is 10.2 Å². The molecule has 3 nitrogen and oxygen atoms in total. The largest absolute Gasteiger partial charge is 0.337 e. The van der Waals surface area contributed by atoms with Gasteiger partial charge in [-0.1, -0.05) is 6.92 Å². The van der Waals surface area contributed by atoms with Gasteiger partial charge in [-0.2, -0.15) is 0 Å². The maximum Gasteiger partial charge on any atom is 0.226 e. The van der Waals surface area contributed by atoms with Gasteiger partial charge in [-0.25, -0.2) is 0 Å². The summed E-state index contributed by atoms with van der Waals surface area (Å²) in [6, 6.07) is 1.45. The van der Waals surface area contributed by atoms with E-state index in [0.29, 0.717) is 24.0 Å². The highest BCUT2D eigenvalue weighted by Crippen LogP contribution is 2.30. The summed E-state index contributed by atoms with van der Waals surface area (Å²) in [7, 11) is 0. The van der Waals surface area contributed by atoms with Gasteiger partial charge in [0.05, 0.1) is 0 Å². The molecule has 0 radical (unpaired) electrons. The van der Waals surface area contributed by atoms with Gasteiger partial charge in [-0.15, -0.1) is 0 Å². The van der Waals surface area contributed by atoms with E-state index in [1.807, 2.05) is 0 Å². The molecular formula is C14H26N2O. The number of carbonyl (C=O) groups excluding carboxylic acids is 1. The molecule has 0 spiro atoms. The molecule has 2 unspecified atom stereocenters. The molecule has 0 aromatic heterocycles. The van der Waals surface area contributed by atoms with Gasteiger partial charge in [-0.05, 0) is 52.5 Å². The molecule has 0 aliphatic carbocycles.